The van der Waals surface area contributed by atoms with Crippen LogP contribution in [0.2, 0.25) is 0 Å². The molecule has 7 heteroatoms. The van der Waals surface area contributed by atoms with Crippen LogP contribution in [0.3, 0.4) is 0 Å². The van der Waals surface area contributed by atoms with Gasteiger partial charge in [0.05, 0.1) is 17.1 Å². The molecule has 0 spiro atoms. The van der Waals surface area contributed by atoms with Gasteiger partial charge in [-0.05, 0) is 44.0 Å². The van der Waals surface area contributed by atoms with Crippen LogP contribution in [0.4, 0.5) is 5.82 Å². The van der Waals surface area contributed by atoms with Crippen molar-refractivity contribution in [1.29, 1.82) is 0 Å². The van der Waals surface area contributed by atoms with Crippen molar-refractivity contribution in [2.45, 2.75) is 25.9 Å². The molecule has 1 amide bonds. The second kappa shape index (κ2) is 7.42. The number of benzene rings is 2. The average molecular weight is 401 g/mol. The van der Waals surface area contributed by atoms with Gasteiger partial charge in [-0.1, -0.05) is 29.8 Å². The van der Waals surface area contributed by atoms with Gasteiger partial charge in [0.15, 0.2) is 5.65 Å². The fourth-order valence-electron chi connectivity index (χ4n) is 3.94. The summed E-state index contributed by atoms with van der Waals surface area (Å²) in [5.74, 6) is 0.0671. The fourth-order valence-corrected chi connectivity index (χ4v) is 3.94. The van der Waals surface area contributed by atoms with Crippen LogP contribution in [0.1, 0.15) is 28.8 Å². The van der Waals surface area contributed by atoms with E-state index in [9.17, 15) is 4.79 Å². The summed E-state index contributed by atoms with van der Waals surface area (Å²) >= 11 is 0. The van der Waals surface area contributed by atoms with Gasteiger partial charge in [-0.15, -0.1) is 0 Å². The first-order valence-corrected chi connectivity index (χ1v) is 10.2. The Morgan fingerprint density at radius 2 is 1.90 bits per heavy atom. The van der Waals surface area contributed by atoms with Gasteiger partial charge in [0.25, 0.3) is 5.91 Å². The number of fused-ring (bicyclic) bond motifs is 2. The Morgan fingerprint density at radius 1 is 1.17 bits per heavy atom. The molecule has 1 fully saturated rings. The number of carbonyl (C=O) groups is 1. The largest absolute Gasteiger partial charge is 0.384 e. The maximum absolute atomic E-state index is 13.1. The van der Waals surface area contributed by atoms with Crippen LogP contribution in [0.25, 0.3) is 27.9 Å². The number of hydrogen-bond acceptors (Lipinski definition) is 5. The number of aryl methyl sites for hydroxylation is 1. The lowest BCUT2D eigenvalue weighted by Crippen LogP contribution is -2.32. The Morgan fingerprint density at radius 3 is 2.60 bits per heavy atom. The lowest BCUT2D eigenvalue weighted by molar-refractivity contribution is 0.0859. The zero-order valence-electron chi connectivity index (χ0n) is 16.8. The monoisotopic (exact) mass is 401 g/mol. The summed E-state index contributed by atoms with van der Waals surface area (Å²) in [6.45, 7) is 3.22. The lowest BCUT2D eigenvalue weighted by atomic mass is 10.2. The van der Waals surface area contributed by atoms with Crippen molar-refractivity contribution in [1.82, 2.24) is 19.9 Å². The molecular formula is C23H23N5O2. The van der Waals surface area contributed by atoms with Crippen LogP contribution < -0.4 is 11.1 Å². The number of rotatable bonds is 4. The molecule has 152 valence electrons. The first kappa shape index (κ1) is 18.6. The molecule has 1 aliphatic rings. The Labute approximate surface area is 173 Å². The molecule has 1 aliphatic heterocycles. The number of ether oxygens (including phenoxy) is 1. The minimum absolute atomic E-state index is 0.0486. The second-order valence-corrected chi connectivity index (χ2v) is 7.66. The van der Waals surface area contributed by atoms with E-state index >= 15 is 0 Å². The molecule has 30 heavy (non-hydrogen) atoms. The molecule has 0 aliphatic carbocycles. The molecule has 3 heterocycles. The summed E-state index contributed by atoms with van der Waals surface area (Å²) in [5, 5.41) is 2.97. The summed E-state index contributed by atoms with van der Waals surface area (Å²) in [6, 6.07) is 15.6. The summed E-state index contributed by atoms with van der Waals surface area (Å²) in [7, 11) is 0. The normalized spacial score (nSPS) is 16.4. The van der Waals surface area contributed by atoms with Gasteiger partial charge in [-0.2, -0.15) is 0 Å². The highest BCUT2D eigenvalue weighted by molar-refractivity contribution is 6.11. The van der Waals surface area contributed by atoms with Gasteiger partial charge < -0.3 is 15.8 Å². The van der Waals surface area contributed by atoms with Crippen LogP contribution in [0.15, 0.2) is 48.5 Å². The topological polar surface area (TPSA) is 95.1 Å². The standard InChI is InChI=1S/C23H23N5O2/c1-14-8-10-15(11-9-14)28-21(24)19(23(29)25-13-16-5-4-12-30-16)20-22(28)27-18-7-3-2-6-17(18)26-20/h2-3,6-11,16H,4-5,12-13,24H2,1H3,(H,25,29). The van der Waals surface area contributed by atoms with Crippen molar-refractivity contribution in [2.75, 3.05) is 18.9 Å². The quantitative estimate of drug-likeness (QED) is 0.547. The minimum Gasteiger partial charge on any atom is -0.384 e. The molecule has 0 bridgehead atoms. The van der Waals surface area contributed by atoms with Gasteiger partial charge in [-0.25, -0.2) is 9.97 Å². The molecular weight excluding hydrogens is 378 g/mol. The second-order valence-electron chi connectivity index (χ2n) is 7.66. The smallest absolute Gasteiger partial charge is 0.257 e. The van der Waals surface area contributed by atoms with E-state index in [1.54, 1.807) is 4.57 Å². The molecule has 2 aromatic carbocycles. The van der Waals surface area contributed by atoms with Gasteiger partial charge in [0, 0.05) is 18.8 Å². The highest BCUT2D eigenvalue weighted by atomic mass is 16.5. The summed E-state index contributed by atoms with van der Waals surface area (Å²) in [5.41, 5.74) is 11.4. The van der Waals surface area contributed by atoms with E-state index in [1.165, 1.54) is 0 Å². The van der Waals surface area contributed by atoms with Crippen molar-refractivity contribution in [2.24, 2.45) is 0 Å². The van der Waals surface area contributed by atoms with Crippen LogP contribution in [0.5, 0.6) is 0 Å². The molecule has 7 nitrogen and oxygen atoms in total. The highest BCUT2D eigenvalue weighted by Gasteiger charge is 2.26. The fraction of sp³-hybridized carbons (Fsp3) is 0.261. The predicted octanol–water partition coefficient (Wildman–Crippen LogP) is 3.37. The van der Waals surface area contributed by atoms with E-state index in [0.717, 1.165) is 41.7 Å². The summed E-state index contributed by atoms with van der Waals surface area (Å²) in [4.78, 5) is 22.7. The number of carbonyl (C=O) groups excluding carboxylic acids is 1. The van der Waals surface area contributed by atoms with Gasteiger partial charge in [0.2, 0.25) is 0 Å². The molecule has 0 radical (unpaired) electrons. The van der Waals surface area contributed by atoms with Gasteiger partial charge in [0.1, 0.15) is 16.9 Å². The van der Waals surface area contributed by atoms with E-state index in [-0.39, 0.29) is 12.0 Å². The molecule has 0 saturated carbocycles. The van der Waals surface area contributed by atoms with Crippen molar-refractivity contribution in [3.05, 3.63) is 59.7 Å². The Kier molecular flexibility index (Phi) is 4.59. The first-order chi connectivity index (χ1) is 14.6. The minimum atomic E-state index is -0.261. The summed E-state index contributed by atoms with van der Waals surface area (Å²) in [6.07, 6.45) is 2.02. The van der Waals surface area contributed by atoms with E-state index in [2.05, 4.69) is 5.32 Å². The summed E-state index contributed by atoms with van der Waals surface area (Å²) < 4.78 is 7.42. The Hall–Kier alpha value is -3.45. The highest BCUT2D eigenvalue weighted by Crippen LogP contribution is 2.31. The van der Waals surface area contributed by atoms with E-state index < -0.39 is 0 Å². The molecule has 1 unspecified atom stereocenters. The van der Waals surface area contributed by atoms with E-state index in [4.69, 9.17) is 20.4 Å². The van der Waals surface area contributed by atoms with Crippen molar-refractivity contribution in [3.8, 4) is 5.69 Å². The first-order valence-electron chi connectivity index (χ1n) is 10.2. The molecule has 1 saturated heterocycles. The number of aromatic nitrogens is 3. The number of para-hydroxylation sites is 2. The number of nitrogens with two attached hydrogens (primary N) is 1. The van der Waals surface area contributed by atoms with E-state index in [0.29, 0.717) is 29.1 Å². The third kappa shape index (κ3) is 3.17. The lowest BCUT2D eigenvalue weighted by Gasteiger charge is -2.11. The number of nitrogens with one attached hydrogen (secondary N) is 1. The number of nitrogens with zero attached hydrogens (tertiary/aromatic N) is 3. The van der Waals surface area contributed by atoms with E-state index in [1.807, 2.05) is 55.5 Å². The van der Waals surface area contributed by atoms with Crippen LogP contribution in [-0.2, 0) is 4.74 Å². The third-order valence-corrected chi connectivity index (χ3v) is 5.53. The molecule has 4 aromatic rings. The average Bonchev–Trinajstić information content (AvgIpc) is 3.37. The SMILES string of the molecule is Cc1ccc(-n2c(N)c(C(=O)NCC3CCCO3)c3nc4ccccc4nc32)cc1. The Bertz CT molecular complexity index is 1240. The molecule has 1 atom stereocenters. The predicted molar refractivity (Wildman–Crippen MR) is 117 cm³/mol. The van der Waals surface area contributed by atoms with Crippen molar-refractivity contribution < 1.29 is 9.53 Å². The van der Waals surface area contributed by atoms with Crippen molar-refractivity contribution >= 4 is 33.9 Å². The zero-order chi connectivity index (χ0) is 20.7. The number of nitrogen functional groups attached to an aromatic ring is 1. The van der Waals surface area contributed by atoms with Crippen LogP contribution >= 0.6 is 0 Å². The van der Waals surface area contributed by atoms with Crippen LogP contribution in [-0.4, -0.2) is 39.7 Å². The Balaban J connectivity index is 1.66. The zero-order valence-corrected chi connectivity index (χ0v) is 16.8. The van der Waals surface area contributed by atoms with Crippen LogP contribution in [0, 0.1) is 6.92 Å². The number of anilines is 1. The van der Waals surface area contributed by atoms with Crippen molar-refractivity contribution in [3.63, 3.8) is 0 Å². The molecule has 5 rings (SSSR count). The number of amides is 1. The maximum Gasteiger partial charge on any atom is 0.257 e. The molecule has 3 N–H and O–H groups in total. The molecule has 2 aromatic heterocycles. The third-order valence-electron chi connectivity index (χ3n) is 5.53. The maximum atomic E-state index is 13.1. The van der Waals surface area contributed by atoms with Gasteiger partial charge in [-0.3, -0.25) is 9.36 Å². The van der Waals surface area contributed by atoms with Gasteiger partial charge >= 0.3 is 0 Å². The number of hydrogen-bond donors (Lipinski definition) is 2.